The van der Waals surface area contributed by atoms with Crippen LogP contribution in [-0.2, 0) is 17.7 Å². The van der Waals surface area contributed by atoms with Gasteiger partial charge in [0.15, 0.2) is 5.78 Å². The number of benzene rings is 2. The Morgan fingerprint density at radius 1 is 1.30 bits per heavy atom. The number of carbonyl (C=O) groups is 1. The zero-order valence-electron chi connectivity index (χ0n) is 11.2. The zero-order chi connectivity index (χ0) is 14.1. The number of fused-ring (bicyclic) bond motifs is 1. The van der Waals surface area contributed by atoms with Crippen LogP contribution in [0.15, 0.2) is 42.5 Å². The molecule has 4 heteroatoms. The molecule has 0 fully saturated rings. The minimum absolute atomic E-state index is 0.0436. The number of ketones is 1. The summed E-state index contributed by atoms with van der Waals surface area (Å²) in [7, 11) is 0. The number of hydrogen-bond donors (Lipinski definition) is 0. The second kappa shape index (κ2) is 5.43. The lowest BCUT2D eigenvalue weighted by molar-refractivity contribution is 0.0993. The molecule has 0 saturated heterocycles. The van der Waals surface area contributed by atoms with E-state index < -0.39 is 0 Å². The smallest absolute Gasteiger partial charge is 0.324 e. The van der Waals surface area contributed by atoms with Crippen LogP contribution < -0.4 is 5.46 Å². The lowest BCUT2D eigenvalue weighted by atomic mass is 9.64. The lowest BCUT2D eigenvalue weighted by Crippen LogP contribution is -2.24. The van der Waals surface area contributed by atoms with Crippen LogP contribution >= 0.6 is 11.6 Å². The molecule has 0 saturated carbocycles. The largest absolute Gasteiger partial charge is 0.427 e. The van der Waals surface area contributed by atoms with E-state index in [-0.39, 0.29) is 12.7 Å². The minimum Gasteiger partial charge on any atom is -0.427 e. The Labute approximate surface area is 123 Å². The Kier molecular flexibility index (Phi) is 3.64. The van der Waals surface area contributed by atoms with Gasteiger partial charge >= 0.3 is 6.92 Å². The molecule has 0 N–H and O–H groups in total. The molecule has 2 aromatic carbocycles. The van der Waals surface area contributed by atoms with Crippen molar-refractivity contribution in [3.8, 4) is 0 Å². The summed E-state index contributed by atoms with van der Waals surface area (Å²) < 4.78 is 5.58. The van der Waals surface area contributed by atoms with Gasteiger partial charge in [-0.25, -0.2) is 0 Å². The fourth-order valence-corrected chi connectivity index (χ4v) is 2.78. The average Bonchev–Trinajstić information content (AvgIpc) is 2.81. The third kappa shape index (κ3) is 2.51. The molecule has 0 atom stereocenters. The molecule has 2 aromatic rings. The summed E-state index contributed by atoms with van der Waals surface area (Å²) in [5.41, 5.74) is 3.99. The monoisotopic (exact) mass is 284 g/mol. The van der Waals surface area contributed by atoms with Crippen LogP contribution in [-0.4, -0.2) is 12.7 Å². The quantitative estimate of drug-likeness (QED) is 0.639. The van der Waals surface area contributed by atoms with Gasteiger partial charge in [-0.1, -0.05) is 48.8 Å². The Morgan fingerprint density at radius 3 is 2.90 bits per heavy atom. The summed E-state index contributed by atoms with van der Waals surface area (Å²) in [4.78, 5) is 12.3. The molecular weight excluding hydrogens is 270 g/mol. The number of carbonyl (C=O) groups excluding carboxylic acids is 1. The number of Topliss-reactive ketones (excluding diaryl/α,β-unsaturated/α-hetero) is 1. The van der Waals surface area contributed by atoms with E-state index in [0.717, 1.165) is 5.56 Å². The van der Waals surface area contributed by atoms with Crippen LogP contribution in [0.25, 0.3) is 0 Å². The number of halogens is 1. The number of rotatable bonds is 3. The highest BCUT2D eigenvalue weighted by molar-refractivity contribution is 6.67. The molecule has 1 aliphatic rings. The highest BCUT2D eigenvalue weighted by Gasteiger charge is 2.23. The highest BCUT2D eigenvalue weighted by Crippen LogP contribution is 2.18. The molecule has 3 rings (SSSR count). The van der Waals surface area contributed by atoms with Gasteiger partial charge in [0.2, 0.25) is 0 Å². The topological polar surface area (TPSA) is 26.3 Å². The number of hydrogen-bond acceptors (Lipinski definition) is 2. The minimum atomic E-state index is 0.0436. The van der Waals surface area contributed by atoms with Gasteiger partial charge in [0.1, 0.15) is 0 Å². The summed E-state index contributed by atoms with van der Waals surface area (Å²) >= 11 is 6.06. The molecule has 0 amide bonds. The summed E-state index contributed by atoms with van der Waals surface area (Å²) in [6, 6.07) is 13.3. The molecule has 1 aliphatic heterocycles. The summed E-state index contributed by atoms with van der Waals surface area (Å²) in [5, 5.41) is 0.510. The van der Waals surface area contributed by atoms with Gasteiger partial charge in [-0.05, 0) is 28.7 Å². The van der Waals surface area contributed by atoms with Crippen molar-refractivity contribution in [3.63, 3.8) is 0 Å². The molecule has 2 nitrogen and oxygen atoms in total. The van der Waals surface area contributed by atoms with Gasteiger partial charge in [0.25, 0.3) is 0 Å². The highest BCUT2D eigenvalue weighted by atomic mass is 35.5. The molecule has 0 aliphatic carbocycles. The van der Waals surface area contributed by atoms with Gasteiger partial charge in [0, 0.05) is 12.0 Å². The van der Waals surface area contributed by atoms with E-state index in [0.29, 0.717) is 23.6 Å². The van der Waals surface area contributed by atoms with Crippen molar-refractivity contribution >= 4 is 29.8 Å². The molecule has 0 spiro atoms. The first-order valence-corrected chi connectivity index (χ1v) is 7.04. The fourth-order valence-electron chi connectivity index (χ4n) is 2.54. The van der Waals surface area contributed by atoms with Gasteiger partial charge in [-0.2, -0.15) is 0 Å². The maximum atomic E-state index is 12.3. The second-order valence-electron chi connectivity index (χ2n) is 5.07. The maximum Gasteiger partial charge on any atom is 0.324 e. The molecule has 100 valence electrons. The average molecular weight is 285 g/mol. The van der Waals surface area contributed by atoms with E-state index in [1.54, 1.807) is 12.1 Å². The second-order valence-corrected chi connectivity index (χ2v) is 5.47. The van der Waals surface area contributed by atoms with Crippen LogP contribution in [0, 0.1) is 0 Å². The predicted octanol–water partition coefficient (Wildman–Crippen LogP) is 3.12. The Hall–Kier alpha value is -1.58. The van der Waals surface area contributed by atoms with Crippen molar-refractivity contribution in [1.29, 1.82) is 0 Å². The van der Waals surface area contributed by atoms with E-state index in [2.05, 4.69) is 6.07 Å². The first-order valence-electron chi connectivity index (χ1n) is 6.66. The molecule has 1 heterocycles. The summed E-state index contributed by atoms with van der Waals surface area (Å²) in [6.45, 7) is 2.81. The van der Waals surface area contributed by atoms with Crippen LogP contribution in [0.5, 0.6) is 0 Å². The molecule has 0 bridgehead atoms. The summed E-state index contributed by atoms with van der Waals surface area (Å²) in [5.74, 6) is 0.0436. The molecular formula is C16H14BClO2. The van der Waals surface area contributed by atoms with E-state index in [9.17, 15) is 4.79 Å². The van der Waals surface area contributed by atoms with E-state index in [1.807, 2.05) is 31.1 Å². The van der Waals surface area contributed by atoms with Gasteiger partial charge in [-0.3, -0.25) is 4.79 Å². The van der Waals surface area contributed by atoms with E-state index in [1.165, 1.54) is 11.0 Å². The maximum absolute atomic E-state index is 12.3. The Morgan fingerprint density at radius 2 is 2.10 bits per heavy atom. The van der Waals surface area contributed by atoms with Gasteiger partial charge in [0.05, 0.1) is 11.6 Å². The van der Waals surface area contributed by atoms with Crippen LogP contribution in [0.2, 0.25) is 11.8 Å². The lowest BCUT2D eigenvalue weighted by Gasteiger charge is -2.06. The Balaban J connectivity index is 1.84. The SMILES string of the molecule is CB1OCc2ccc(CC(=O)c3ccccc3Cl)cc21. The molecule has 0 aromatic heterocycles. The molecule has 0 unspecified atom stereocenters. The van der Waals surface area contributed by atoms with Crippen molar-refractivity contribution in [3.05, 3.63) is 64.2 Å². The third-order valence-electron chi connectivity index (χ3n) is 3.68. The van der Waals surface area contributed by atoms with Crippen molar-refractivity contribution in [2.75, 3.05) is 0 Å². The standard InChI is InChI=1S/C16H14BClO2/c1-17-14-8-11(6-7-12(14)10-20-17)9-16(19)13-4-2-3-5-15(13)18/h2-8H,9-10H2,1H3. The van der Waals surface area contributed by atoms with Crippen molar-refractivity contribution in [2.45, 2.75) is 19.9 Å². The van der Waals surface area contributed by atoms with Gasteiger partial charge in [-0.15, -0.1) is 0 Å². The normalized spacial score (nSPS) is 13.4. The van der Waals surface area contributed by atoms with Crippen LogP contribution in [0.1, 0.15) is 21.5 Å². The van der Waals surface area contributed by atoms with Crippen molar-refractivity contribution in [2.24, 2.45) is 0 Å². The first-order chi connectivity index (χ1) is 9.65. The predicted molar refractivity (Wildman–Crippen MR) is 82.0 cm³/mol. The third-order valence-corrected chi connectivity index (χ3v) is 4.01. The first kappa shape index (κ1) is 13.4. The van der Waals surface area contributed by atoms with Crippen molar-refractivity contribution in [1.82, 2.24) is 0 Å². The van der Waals surface area contributed by atoms with Crippen molar-refractivity contribution < 1.29 is 9.45 Å². The molecule has 0 radical (unpaired) electrons. The van der Waals surface area contributed by atoms with Gasteiger partial charge < -0.3 is 4.65 Å². The zero-order valence-corrected chi connectivity index (χ0v) is 12.0. The summed E-state index contributed by atoms with van der Waals surface area (Å²) in [6.07, 6.45) is 0.365. The van der Waals surface area contributed by atoms with E-state index in [4.69, 9.17) is 16.3 Å². The van der Waals surface area contributed by atoms with Crippen LogP contribution in [0.4, 0.5) is 0 Å². The Bertz CT molecular complexity index is 669. The fraction of sp³-hybridized carbons (Fsp3) is 0.188. The molecule has 20 heavy (non-hydrogen) atoms. The van der Waals surface area contributed by atoms with E-state index >= 15 is 0 Å². The van der Waals surface area contributed by atoms with Crippen LogP contribution in [0.3, 0.4) is 0 Å².